The van der Waals surface area contributed by atoms with Crippen LogP contribution in [0, 0.1) is 11.8 Å². The van der Waals surface area contributed by atoms with Crippen molar-refractivity contribution < 1.29 is 28.6 Å². The summed E-state index contributed by atoms with van der Waals surface area (Å²) in [7, 11) is 2.05. The highest BCUT2D eigenvalue weighted by atomic mass is 79.9. The fraction of sp³-hybridized carbons (Fsp3) is 0.519. The quantitative estimate of drug-likeness (QED) is 0.384. The van der Waals surface area contributed by atoms with Gasteiger partial charge in [0.1, 0.15) is 5.92 Å². The van der Waals surface area contributed by atoms with E-state index in [9.17, 15) is 14.4 Å². The van der Waals surface area contributed by atoms with E-state index in [0.29, 0.717) is 49.4 Å². The third-order valence-electron chi connectivity index (χ3n) is 7.59. The van der Waals surface area contributed by atoms with Crippen LogP contribution in [0.2, 0.25) is 0 Å². The molecule has 0 saturated carbocycles. The van der Waals surface area contributed by atoms with Gasteiger partial charge in [-0.05, 0) is 66.0 Å². The topological polar surface area (TPSA) is 90.3 Å². The summed E-state index contributed by atoms with van der Waals surface area (Å²) in [4.78, 5) is 42.7. The summed E-state index contributed by atoms with van der Waals surface area (Å²) in [5, 5.41) is 0.967. The molecule has 3 aliphatic rings. The highest BCUT2D eigenvalue weighted by Gasteiger charge is 2.39. The van der Waals surface area contributed by atoms with Crippen molar-refractivity contribution in [2.45, 2.75) is 39.5 Å². The van der Waals surface area contributed by atoms with E-state index >= 15 is 0 Å². The second-order valence-corrected chi connectivity index (χ2v) is 10.6. The number of rotatable bonds is 6. The summed E-state index contributed by atoms with van der Waals surface area (Å²) in [5.41, 5.74) is 3.85. The lowest BCUT2D eigenvalue weighted by Crippen LogP contribution is -2.47. The van der Waals surface area contributed by atoms with Gasteiger partial charge in [-0.2, -0.15) is 0 Å². The molecule has 2 aliphatic heterocycles. The zero-order chi connectivity index (χ0) is 26.4. The lowest BCUT2D eigenvalue weighted by molar-refractivity contribution is -0.183. The predicted octanol–water partition coefficient (Wildman–Crippen LogP) is 3.66. The second kappa shape index (κ2) is 10.2. The minimum Gasteiger partial charge on any atom is -0.425 e. The Kier molecular flexibility index (Phi) is 7.17. The molecule has 3 heterocycles. The van der Waals surface area contributed by atoms with Gasteiger partial charge in [0.2, 0.25) is 12.2 Å². The molecule has 9 nitrogen and oxygen atoms in total. The molecule has 1 saturated heterocycles. The van der Waals surface area contributed by atoms with Gasteiger partial charge in [0.15, 0.2) is 0 Å². The number of halogens is 1. The van der Waals surface area contributed by atoms with Gasteiger partial charge in [0, 0.05) is 38.0 Å². The van der Waals surface area contributed by atoms with Gasteiger partial charge < -0.3 is 19.1 Å². The van der Waals surface area contributed by atoms with Crippen LogP contribution in [-0.4, -0.2) is 84.6 Å². The van der Waals surface area contributed by atoms with E-state index in [1.54, 1.807) is 0 Å². The third-order valence-corrected chi connectivity index (χ3v) is 8.42. The average molecular weight is 574 g/mol. The van der Waals surface area contributed by atoms with Crippen molar-refractivity contribution in [1.29, 1.82) is 0 Å². The first kappa shape index (κ1) is 25.9. The molecule has 1 fully saturated rings. The van der Waals surface area contributed by atoms with Gasteiger partial charge in [-0.15, -0.1) is 0 Å². The number of benzene rings is 1. The van der Waals surface area contributed by atoms with Crippen molar-refractivity contribution in [1.82, 2.24) is 14.4 Å². The number of fused-ring (bicyclic) bond motifs is 2. The van der Waals surface area contributed by atoms with Gasteiger partial charge >= 0.3 is 12.1 Å². The van der Waals surface area contributed by atoms with Crippen LogP contribution in [0.5, 0.6) is 0 Å². The standard InChI is InChI=1S/C27H32BrN3O6/c1-5-30(6-2)25(32)16-10-19-18-8-7-9-21-23(18)20(11-22(19)29(4)12-16)24(28)31(21)27(34)37-15(3)36-26(33)17-13-35-14-17/h7-10,15-17,22H,5-6,11-14H2,1-4H3/t15?,16-,22-/m1/s1. The Morgan fingerprint density at radius 3 is 2.57 bits per heavy atom. The fourth-order valence-electron chi connectivity index (χ4n) is 5.55. The number of nitrogens with zero attached hydrogens (tertiary/aromatic N) is 3. The Morgan fingerprint density at radius 1 is 1.19 bits per heavy atom. The van der Waals surface area contributed by atoms with Crippen molar-refractivity contribution in [3.8, 4) is 0 Å². The highest BCUT2D eigenvalue weighted by Crippen LogP contribution is 2.45. The van der Waals surface area contributed by atoms with Gasteiger partial charge in [-0.25, -0.2) is 9.36 Å². The van der Waals surface area contributed by atoms with E-state index in [0.717, 1.165) is 22.1 Å². The van der Waals surface area contributed by atoms with Gasteiger partial charge in [0.25, 0.3) is 0 Å². The molecule has 1 amide bonds. The number of carbonyl (C=O) groups is 3. The summed E-state index contributed by atoms with van der Waals surface area (Å²) in [5.74, 6) is -0.827. The Labute approximate surface area is 224 Å². The monoisotopic (exact) mass is 573 g/mol. The van der Waals surface area contributed by atoms with Crippen molar-refractivity contribution in [3.05, 3.63) is 40.0 Å². The molecular formula is C27H32BrN3O6. The summed E-state index contributed by atoms with van der Waals surface area (Å²) in [6, 6.07) is 5.93. The number of aromatic nitrogens is 1. The third kappa shape index (κ3) is 4.49. The Balaban J connectivity index is 1.48. The van der Waals surface area contributed by atoms with E-state index in [-0.39, 0.29) is 23.8 Å². The first-order valence-electron chi connectivity index (χ1n) is 12.8. The van der Waals surface area contributed by atoms with E-state index in [4.69, 9.17) is 14.2 Å². The lowest BCUT2D eigenvalue weighted by Gasteiger charge is -2.40. The van der Waals surface area contributed by atoms with E-state index in [1.807, 2.05) is 37.9 Å². The van der Waals surface area contributed by atoms with Crippen molar-refractivity contribution in [2.24, 2.45) is 11.8 Å². The zero-order valence-electron chi connectivity index (χ0n) is 21.5. The maximum absolute atomic E-state index is 13.3. The van der Waals surface area contributed by atoms with Gasteiger partial charge in [-0.3, -0.25) is 14.5 Å². The minimum absolute atomic E-state index is 0.0894. The molecule has 1 aromatic heterocycles. The number of hydrogen-bond acceptors (Lipinski definition) is 7. The molecule has 0 spiro atoms. The van der Waals surface area contributed by atoms with Crippen LogP contribution in [0.1, 0.15) is 31.9 Å². The molecular weight excluding hydrogens is 542 g/mol. The number of ether oxygens (including phenoxy) is 3. The molecule has 0 bridgehead atoms. The maximum atomic E-state index is 13.3. The molecule has 5 rings (SSSR count). The normalized spacial score (nSPS) is 22.0. The van der Waals surface area contributed by atoms with Crippen LogP contribution in [0.15, 0.2) is 28.9 Å². The largest absolute Gasteiger partial charge is 0.425 e. The van der Waals surface area contributed by atoms with Crippen LogP contribution in [0.3, 0.4) is 0 Å². The maximum Gasteiger partial charge on any atom is 0.422 e. The summed E-state index contributed by atoms with van der Waals surface area (Å²) < 4.78 is 17.9. The molecule has 1 unspecified atom stereocenters. The summed E-state index contributed by atoms with van der Waals surface area (Å²) in [6.07, 6.45) is 1.14. The smallest absolute Gasteiger partial charge is 0.422 e. The van der Waals surface area contributed by atoms with Crippen LogP contribution in [0.4, 0.5) is 4.79 Å². The number of likely N-dealkylation sites (N-methyl/N-ethyl adjacent to an activating group) is 1. The summed E-state index contributed by atoms with van der Waals surface area (Å²) in [6.45, 7) is 8.19. The van der Waals surface area contributed by atoms with Crippen molar-refractivity contribution in [3.63, 3.8) is 0 Å². The van der Waals surface area contributed by atoms with Crippen molar-refractivity contribution in [2.75, 3.05) is 39.9 Å². The molecule has 3 atom stereocenters. The van der Waals surface area contributed by atoms with Gasteiger partial charge in [0.05, 0.1) is 29.3 Å². The lowest BCUT2D eigenvalue weighted by atomic mass is 9.79. The first-order chi connectivity index (χ1) is 17.7. The zero-order valence-corrected chi connectivity index (χ0v) is 23.1. The van der Waals surface area contributed by atoms with E-state index in [2.05, 4.69) is 33.0 Å². The van der Waals surface area contributed by atoms with Crippen LogP contribution in [0.25, 0.3) is 16.5 Å². The van der Waals surface area contributed by atoms with Crippen LogP contribution in [-0.2, 0) is 30.2 Å². The number of amides is 1. The molecule has 1 aromatic carbocycles. The second-order valence-electron chi connectivity index (χ2n) is 9.83. The Morgan fingerprint density at radius 2 is 1.92 bits per heavy atom. The van der Waals surface area contributed by atoms with Gasteiger partial charge in [-0.1, -0.05) is 18.2 Å². The summed E-state index contributed by atoms with van der Waals surface area (Å²) >= 11 is 3.66. The van der Waals surface area contributed by atoms with E-state index < -0.39 is 18.4 Å². The fourth-order valence-corrected chi connectivity index (χ4v) is 6.24. The van der Waals surface area contributed by atoms with E-state index in [1.165, 1.54) is 11.5 Å². The molecule has 2 aromatic rings. The van der Waals surface area contributed by atoms with Crippen molar-refractivity contribution >= 4 is 50.4 Å². The SMILES string of the molecule is CCN(CC)C(=O)[C@@H]1C=C2c3cccc4c3c(c(Br)n4C(=O)OC(C)OC(=O)C3COC3)C[C@H]2N(C)C1. The minimum atomic E-state index is -1.04. The number of hydrogen-bond donors (Lipinski definition) is 0. The predicted molar refractivity (Wildman–Crippen MR) is 141 cm³/mol. The molecule has 1 aliphatic carbocycles. The highest BCUT2D eigenvalue weighted by molar-refractivity contribution is 9.10. The van der Waals surface area contributed by atoms with Crippen LogP contribution >= 0.6 is 15.9 Å². The number of carbonyl (C=O) groups excluding carboxylic acids is 3. The molecule has 37 heavy (non-hydrogen) atoms. The molecule has 0 N–H and O–H groups in total. The molecule has 198 valence electrons. The molecule has 0 radical (unpaired) electrons. The molecule has 10 heteroatoms. The average Bonchev–Trinajstić information content (AvgIpc) is 3.11. The Hall–Kier alpha value is -2.69. The Bertz CT molecular complexity index is 1280. The first-order valence-corrected chi connectivity index (χ1v) is 13.6. The van der Waals surface area contributed by atoms with Crippen LogP contribution < -0.4 is 0 Å². The number of esters is 1.